The fraction of sp³-hybridized carbons (Fsp3) is 0.269. The Morgan fingerprint density at radius 3 is 2.51 bits per heavy atom. The first-order valence-electron chi connectivity index (χ1n) is 11.2. The number of aromatic nitrogens is 2. The molecule has 0 saturated heterocycles. The highest BCUT2D eigenvalue weighted by Gasteiger charge is 2.24. The molecule has 0 N–H and O–H groups in total. The van der Waals surface area contributed by atoms with E-state index in [1.807, 2.05) is 6.07 Å². The third-order valence-corrected chi connectivity index (χ3v) is 7.22. The summed E-state index contributed by atoms with van der Waals surface area (Å²) in [4.78, 5) is 22.3. The molecule has 3 heterocycles. The maximum absolute atomic E-state index is 13.3. The van der Waals surface area contributed by atoms with Crippen molar-refractivity contribution >= 4 is 27.8 Å². The van der Waals surface area contributed by atoms with Gasteiger partial charge in [-0.3, -0.25) is 9.69 Å². The summed E-state index contributed by atoms with van der Waals surface area (Å²) in [6.45, 7) is 2.61. The standard InChI is InChI=1S/C26H26N4O4S/c1-32-20-11-18(12-21(33-2)24(20)34-3)13-28-30-16-27-25-23(26(30)31)19-9-10-29(15-22(19)35-25)14-17-7-5-4-6-8-17/h4-8,11-13,16H,9-10,14-15H2,1-3H3/b28-13+. The smallest absolute Gasteiger partial charge is 0.282 e. The summed E-state index contributed by atoms with van der Waals surface area (Å²) in [5, 5.41) is 5.07. The molecular formula is C26H26N4O4S. The summed E-state index contributed by atoms with van der Waals surface area (Å²) in [7, 11) is 4.67. The zero-order valence-corrected chi connectivity index (χ0v) is 20.7. The maximum atomic E-state index is 13.3. The van der Waals surface area contributed by atoms with Crippen molar-refractivity contribution in [3.05, 3.63) is 80.7 Å². The Kier molecular flexibility index (Phi) is 6.52. The molecule has 0 spiro atoms. The zero-order valence-electron chi connectivity index (χ0n) is 19.9. The molecule has 180 valence electrons. The molecule has 9 heteroatoms. The van der Waals surface area contributed by atoms with Crippen molar-refractivity contribution in [2.75, 3.05) is 27.9 Å². The molecule has 0 unspecified atom stereocenters. The number of nitrogens with zero attached hydrogens (tertiary/aromatic N) is 4. The molecule has 1 aliphatic rings. The Hall–Kier alpha value is -3.69. The van der Waals surface area contributed by atoms with Crippen molar-refractivity contribution in [3.63, 3.8) is 0 Å². The summed E-state index contributed by atoms with van der Waals surface area (Å²) in [6, 6.07) is 14.0. The number of ether oxygens (including phenoxy) is 3. The number of benzene rings is 2. The molecule has 1 aliphatic heterocycles. The zero-order chi connectivity index (χ0) is 24.4. The third-order valence-electron chi connectivity index (χ3n) is 6.09. The van der Waals surface area contributed by atoms with Gasteiger partial charge in [-0.05, 0) is 29.7 Å². The first kappa shape index (κ1) is 23.1. The normalized spacial score (nSPS) is 13.8. The Balaban J connectivity index is 1.43. The van der Waals surface area contributed by atoms with Crippen LogP contribution in [0.4, 0.5) is 0 Å². The van der Waals surface area contributed by atoms with Crippen molar-refractivity contribution in [2.45, 2.75) is 19.5 Å². The number of thiophene rings is 1. The van der Waals surface area contributed by atoms with Crippen LogP contribution in [-0.4, -0.2) is 48.6 Å². The lowest BCUT2D eigenvalue weighted by molar-refractivity contribution is 0.249. The first-order chi connectivity index (χ1) is 17.1. The lowest BCUT2D eigenvalue weighted by Crippen LogP contribution is -2.29. The van der Waals surface area contributed by atoms with Gasteiger partial charge in [0.25, 0.3) is 5.56 Å². The van der Waals surface area contributed by atoms with E-state index < -0.39 is 0 Å². The average Bonchev–Trinajstić information content (AvgIpc) is 3.26. The highest BCUT2D eigenvalue weighted by atomic mass is 32.1. The van der Waals surface area contributed by atoms with Crippen LogP contribution in [0.5, 0.6) is 17.2 Å². The van der Waals surface area contributed by atoms with Gasteiger partial charge in [0, 0.05) is 30.1 Å². The predicted octanol–water partition coefficient (Wildman–Crippen LogP) is 3.92. The van der Waals surface area contributed by atoms with Gasteiger partial charge in [0.05, 0.1) is 32.9 Å². The number of rotatable bonds is 7. The highest BCUT2D eigenvalue weighted by molar-refractivity contribution is 7.18. The molecule has 0 amide bonds. The molecule has 2 aromatic carbocycles. The van der Waals surface area contributed by atoms with E-state index in [2.05, 4.69) is 39.3 Å². The van der Waals surface area contributed by atoms with Crippen LogP contribution in [0.2, 0.25) is 0 Å². The van der Waals surface area contributed by atoms with Gasteiger partial charge in [-0.15, -0.1) is 11.3 Å². The van der Waals surface area contributed by atoms with Gasteiger partial charge in [0.15, 0.2) is 11.5 Å². The second kappa shape index (κ2) is 9.89. The van der Waals surface area contributed by atoms with Crippen LogP contribution < -0.4 is 19.8 Å². The first-order valence-corrected chi connectivity index (χ1v) is 12.1. The van der Waals surface area contributed by atoms with Gasteiger partial charge in [0.1, 0.15) is 11.2 Å². The Morgan fingerprint density at radius 1 is 1.09 bits per heavy atom. The summed E-state index contributed by atoms with van der Waals surface area (Å²) in [6.07, 6.45) is 3.88. The van der Waals surface area contributed by atoms with Crippen molar-refractivity contribution in [3.8, 4) is 17.2 Å². The molecular weight excluding hydrogens is 464 g/mol. The lowest BCUT2D eigenvalue weighted by atomic mass is 10.0. The predicted molar refractivity (Wildman–Crippen MR) is 137 cm³/mol. The minimum atomic E-state index is -0.160. The monoisotopic (exact) mass is 490 g/mol. The SMILES string of the molecule is COc1cc(/C=N/n2cnc3sc4c(c3c2=O)CCN(Cc2ccccc2)C4)cc(OC)c1OC. The quantitative estimate of drug-likeness (QED) is 0.366. The van der Waals surface area contributed by atoms with Crippen LogP contribution in [0.25, 0.3) is 10.2 Å². The molecule has 35 heavy (non-hydrogen) atoms. The third kappa shape index (κ3) is 4.52. The van der Waals surface area contributed by atoms with E-state index in [9.17, 15) is 4.79 Å². The number of fused-ring (bicyclic) bond motifs is 3. The molecule has 0 radical (unpaired) electrons. The molecule has 0 atom stereocenters. The van der Waals surface area contributed by atoms with E-state index in [-0.39, 0.29) is 5.56 Å². The van der Waals surface area contributed by atoms with Crippen LogP contribution >= 0.6 is 11.3 Å². The molecule has 5 rings (SSSR count). The Labute approximate surface area is 207 Å². The molecule has 0 aliphatic carbocycles. The molecule has 2 aromatic heterocycles. The Bertz CT molecular complexity index is 1420. The van der Waals surface area contributed by atoms with E-state index in [4.69, 9.17) is 14.2 Å². The van der Waals surface area contributed by atoms with Gasteiger partial charge in [0.2, 0.25) is 5.75 Å². The van der Waals surface area contributed by atoms with Crippen LogP contribution in [0.1, 0.15) is 21.6 Å². The largest absolute Gasteiger partial charge is 0.493 e. The molecule has 0 saturated carbocycles. The lowest BCUT2D eigenvalue weighted by Gasteiger charge is -2.26. The molecule has 4 aromatic rings. The average molecular weight is 491 g/mol. The van der Waals surface area contributed by atoms with E-state index >= 15 is 0 Å². The maximum Gasteiger partial charge on any atom is 0.282 e. The summed E-state index contributed by atoms with van der Waals surface area (Å²) in [5.41, 5.74) is 2.94. The van der Waals surface area contributed by atoms with Crippen LogP contribution in [0.3, 0.4) is 0 Å². The second-order valence-electron chi connectivity index (χ2n) is 8.23. The summed E-state index contributed by atoms with van der Waals surface area (Å²) >= 11 is 1.60. The fourth-order valence-corrected chi connectivity index (χ4v) is 5.61. The second-order valence-corrected chi connectivity index (χ2v) is 9.31. The van der Waals surface area contributed by atoms with Crippen molar-refractivity contribution in [2.24, 2.45) is 5.10 Å². The topological polar surface area (TPSA) is 78.2 Å². The van der Waals surface area contributed by atoms with Crippen LogP contribution in [0.15, 0.2) is 58.7 Å². The van der Waals surface area contributed by atoms with E-state index in [0.29, 0.717) is 28.2 Å². The Morgan fingerprint density at radius 2 is 1.83 bits per heavy atom. The van der Waals surface area contributed by atoms with Gasteiger partial charge < -0.3 is 14.2 Å². The molecule has 0 bridgehead atoms. The van der Waals surface area contributed by atoms with Crippen LogP contribution in [-0.2, 0) is 19.5 Å². The van der Waals surface area contributed by atoms with Crippen LogP contribution in [0, 0.1) is 0 Å². The van der Waals surface area contributed by atoms with E-state index in [0.717, 1.165) is 36.4 Å². The van der Waals surface area contributed by atoms with Gasteiger partial charge in [-0.1, -0.05) is 30.3 Å². The fourth-order valence-electron chi connectivity index (χ4n) is 4.39. The summed E-state index contributed by atoms with van der Waals surface area (Å²) in [5.74, 6) is 1.53. The minimum Gasteiger partial charge on any atom is -0.493 e. The number of hydrogen-bond donors (Lipinski definition) is 0. The van der Waals surface area contributed by atoms with Crippen molar-refractivity contribution in [1.29, 1.82) is 0 Å². The van der Waals surface area contributed by atoms with E-state index in [1.165, 1.54) is 21.4 Å². The van der Waals surface area contributed by atoms with Gasteiger partial charge in [-0.2, -0.15) is 9.78 Å². The van der Waals surface area contributed by atoms with Crippen molar-refractivity contribution in [1.82, 2.24) is 14.6 Å². The van der Waals surface area contributed by atoms with Crippen molar-refractivity contribution < 1.29 is 14.2 Å². The van der Waals surface area contributed by atoms with Gasteiger partial charge in [-0.25, -0.2) is 4.98 Å². The summed E-state index contributed by atoms with van der Waals surface area (Å²) < 4.78 is 17.5. The van der Waals surface area contributed by atoms with E-state index in [1.54, 1.807) is 51.0 Å². The number of hydrogen-bond acceptors (Lipinski definition) is 8. The minimum absolute atomic E-state index is 0.160. The molecule has 8 nitrogen and oxygen atoms in total. The highest BCUT2D eigenvalue weighted by Crippen LogP contribution is 2.38. The number of methoxy groups -OCH3 is 3. The molecule has 0 fully saturated rings. The van der Waals surface area contributed by atoms with Gasteiger partial charge >= 0.3 is 0 Å².